The molecule has 4 nitrogen and oxygen atoms in total. The van der Waals surface area contributed by atoms with E-state index < -0.39 is 0 Å². The average molecular weight is 264 g/mol. The smallest absolute Gasteiger partial charge is 0.266 e. The molecule has 1 aromatic carbocycles. The van der Waals surface area contributed by atoms with Crippen LogP contribution in [0.1, 0.15) is 29.4 Å². The number of halogens is 1. The molecule has 0 spiro atoms. The average Bonchev–Trinajstić information content (AvgIpc) is 2.59. The van der Waals surface area contributed by atoms with Gasteiger partial charge in [-0.3, -0.25) is 4.79 Å². The molecule has 1 aromatic heterocycles. The lowest BCUT2D eigenvalue weighted by Crippen LogP contribution is -2.28. The largest absolute Gasteiger partial charge is 0.319 e. The van der Waals surface area contributed by atoms with Gasteiger partial charge in [-0.15, -0.1) is 12.4 Å². The van der Waals surface area contributed by atoms with Crippen molar-refractivity contribution in [3.8, 4) is 0 Å². The molecule has 0 saturated carbocycles. The number of hydrogen-bond donors (Lipinski definition) is 2. The van der Waals surface area contributed by atoms with Gasteiger partial charge in [0.2, 0.25) is 0 Å². The van der Waals surface area contributed by atoms with E-state index in [1.165, 1.54) is 23.7 Å². The highest BCUT2D eigenvalue weighted by molar-refractivity contribution is 5.85. The first-order valence-electron chi connectivity index (χ1n) is 6.05. The molecular formula is C13H14ClN3O. The van der Waals surface area contributed by atoms with Gasteiger partial charge in [0, 0.05) is 13.1 Å². The summed E-state index contributed by atoms with van der Waals surface area (Å²) < 4.78 is 0. The molecule has 94 valence electrons. The minimum atomic E-state index is -0.128. The Morgan fingerprint density at radius 2 is 1.89 bits per heavy atom. The number of piperidine rings is 1. The van der Waals surface area contributed by atoms with Gasteiger partial charge in [0.15, 0.2) is 0 Å². The van der Waals surface area contributed by atoms with Crippen LogP contribution >= 0.6 is 12.4 Å². The lowest BCUT2D eigenvalue weighted by Gasteiger charge is -2.19. The van der Waals surface area contributed by atoms with Crippen LogP contribution in [-0.4, -0.2) is 23.1 Å². The topological polar surface area (TPSA) is 57.8 Å². The highest BCUT2D eigenvalue weighted by Gasteiger charge is 2.34. The Bertz CT molecular complexity index is 667. The first-order valence-corrected chi connectivity index (χ1v) is 6.05. The van der Waals surface area contributed by atoms with Gasteiger partial charge in [-0.25, -0.2) is 4.98 Å². The fourth-order valence-corrected chi connectivity index (χ4v) is 3.24. The lowest BCUT2D eigenvalue weighted by atomic mass is 9.98. The van der Waals surface area contributed by atoms with Gasteiger partial charge in [0.25, 0.3) is 5.56 Å². The monoisotopic (exact) mass is 263 g/mol. The summed E-state index contributed by atoms with van der Waals surface area (Å²) in [5, 5.41) is 3.47. The fourth-order valence-electron chi connectivity index (χ4n) is 3.24. The van der Waals surface area contributed by atoms with Crippen molar-refractivity contribution in [3.63, 3.8) is 0 Å². The Hall–Kier alpha value is -1.39. The van der Waals surface area contributed by atoms with Crippen LogP contribution in [0.15, 0.2) is 23.1 Å². The summed E-state index contributed by atoms with van der Waals surface area (Å²) in [6.07, 6.45) is 2.59. The van der Waals surface area contributed by atoms with Gasteiger partial charge in [0.05, 0.1) is 17.2 Å². The van der Waals surface area contributed by atoms with Crippen molar-refractivity contribution >= 4 is 23.4 Å². The molecule has 4 rings (SSSR count). The maximum atomic E-state index is 11.3. The van der Waals surface area contributed by atoms with Crippen LogP contribution < -0.4 is 10.9 Å². The molecule has 2 N–H and O–H groups in total. The number of nitrogens with one attached hydrogen (secondary N) is 2. The Labute approximate surface area is 110 Å². The maximum Gasteiger partial charge on any atom is 0.266 e. The Kier molecular flexibility index (Phi) is 2.64. The predicted octanol–water partition coefficient (Wildman–Crippen LogP) is 1.52. The first kappa shape index (κ1) is 11.7. The van der Waals surface area contributed by atoms with E-state index >= 15 is 0 Å². The molecule has 1 fully saturated rings. The van der Waals surface area contributed by atoms with Crippen molar-refractivity contribution in [1.82, 2.24) is 15.3 Å². The molecule has 2 aromatic rings. The van der Waals surface area contributed by atoms with Crippen LogP contribution in [0.2, 0.25) is 0 Å². The second kappa shape index (κ2) is 4.07. The molecule has 18 heavy (non-hydrogen) atoms. The van der Waals surface area contributed by atoms with Crippen LogP contribution in [0.3, 0.4) is 0 Å². The fraction of sp³-hybridized carbons (Fsp3) is 0.385. The van der Waals surface area contributed by atoms with Gasteiger partial charge < -0.3 is 10.3 Å². The van der Waals surface area contributed by atoms with Gasteiger partial charge in [-0.2, -0.15) is 0 Å². The molecule has 2 bridgehead atoms. The molecule has 0 radical (unpaired) electrons. The molecule has 2 unspecified atom stereocenters. The highest BCUT2D eigenvalue weighted by atomic mass is 35.5. The molecule has 5 heteroatoms. The number of rotatable bonds is 0. The van der Waals surface area contributed by atoms with Gasteiger partial charge in [0.1, 0.15) is 0 Å². The van der Waals surface area contributed by atoms with E-state index in [-0.39, 0.29) is 18.0 Å². The molecule has 1 aliphatic heterocycles. The van der Waals surface area contributed by atoms with Crippen molar-refractivity contribution in [3.05, 3.63) is 39.8 Å². The quantitative estimate of drug-likeness (QED) is 0.758. The van der Waals surface area contributed by atoms with Crippen LogP contribution in [0.5, 0.6) is 0 Å². The minimum Gasteiger partial charge on any atom is -0.319 e. The molecule has 2 atom stereocenters. The van der Waals surface area contributed by atoms with E-state index in [1.807, 2.05) is 0 Å². The molecule has 1 saturated heterocycles. The first-order chi connectivity index (χ1) is 8.31. The van der Waals surface area contributed by atoms with E-state index in [2.05, 4.69) is 27.4 Å². The van der Waals surface area contributed by atoms with Crippen LogP contribution in [-0.2, 0) is 0 Å². The maximum absolute atomic E-state index is 11.3. The van der Waals surface area contributed by atoms with Gasteiger partial charge in [-0.1, -0.05) is 0 Å². The number of nitrogens with zero attached hydrogens (tertiary/aromatic N) is 1. The van der Waals surface area contributed by atoms with E-state index in [4.69, 9.17) is 0 Å². The number of H-pyrrole nitrogens is 1. The van der Waals surface area contributed by atoms with Crippen LogP contribution in [0, 0.1) is 0 Å². The van der Waals surface area contributed by atoms with Crippen molar-refractivity contribution in [1.29, 1.82) is 0 Å². The summed E-state index contributed by atoms with van der Waals surface area (Å²) in [7, 11) is 0. The number of aromatic nitrogens is 2. The lowest BCUT2D eigenvalue weighted by molar-refractivity contribution is 0.454. The summed E-state index contributed by atoms with van der Waals surface area (Å²) in [6.45, 7) is 2.12. The third-order valence-electron chi connectivity index (χ3n) is 4.01. The van der Waals surface area contributed by atoms with E-state index in [0.29, 0.717) is 11.8 Å². The normalized spacial score (nSPS) is 24.7. The third-order valence-corrected chi connectivity index (χ3v) is 4.01. The summed E-state index contributed by atoms with van der Waals surface area (Å²) in [5.41, 5.74) is 4.46. The van der Waals surface area contributed by atoms with Crippen LogP contribution in [0.25, 0.3) is 11.0 Å². The van der Waals surface area contributed by atoms with Gasteiger partial charge in [-0.05, 0) is 41.5 Å². The number of benzene rings is 1. The van der Waals surface area contributed by atoms with E-state index in [9.17, 15) is 4.79 Å². The van der Waals surface area contributed by atoms with Crippen LogP contribution in [0.4, 0.5) is 0 Å². The molecule has 1 aliphatic carbocycles. The summed E-state index contributed by atoms with van der Waals surface area (Å²) in [4.78, 5) is 18.4. The zero-order valence-corrected chi connectivity index (χ0v) is 10.6. The Morgan fingerprint density at radius 1 is 1.17 bits per heavy atom. The number of aromatic amines is 1. The number of hydrogen-bond acceptors (Lipinski definition) is 3. The number of fused-ring (bicyclic) bond motifs is 6. The molecule has 2 aliphatic rings. The van der Waals surface area contributed by atoms with E-state index in [1.54, 1.807) is 0 Å². The highest BCUT2D eigenvalue weighted by Crippen LogP contribution is 2.44. The van der Waals surface area contributed by atoms with Gasteiger partial charge >= 0.3 is 0 Å². The Morgan fingerprint density at radius 3 is 2.67 bits per heavy atom. The van der Waals surface area contributed by atoms with E-state index in [0.717, 1.165) is 24.1 Å². The Balaban J connectivity index is 0.000001000. The summed E-state index contributed by atoms with van der Waals surface area (Å²) in [6, 6.07) is 4.27. The minimum absolute atomic E-state index is 0. The molecule has 0 amide bonds. The zero-order chi connectivity index (χ0) is 11.4. The van der Waals surface area contributed by atoms with Crippen molar-refractivity contribution in [2.75, 3.05) is 13.1 Å². The van der Waals surface area contributed by atoms with Crippen molar-refractivity contribution in [2.45, 2.75) is 18.3 Å². The second-order valence-electron chi connectivity index (χ2n) is 5.03. The molecule has 2 heterocycles. The standard InChI is InChI=1S/C13H13N3O.ClH/c17-13-6-15-11-2-9-7-1-8(5-14-4-7)10(9)3-12(11)16-13;/h2-3,6-8,14H,1,4-5H2,(H,16,17);1H. The third kappa shape index (κ3) is 1.56. The van der Waals surface area contributed by atoms with Crippen molar-refractivity contribution < 1.29 is 0 Å². The SMILES string of the molecule is Cl.O=c1cnc2cc3c(cc2[nH]1)C1CNCC3C1. The molecular weight excluding hydrogens is 250 g/mol. The summed E-state index contributed by atoms with van der Waals surface area (Å²) in [5.74, 6) is 1.23. The van der Waals surface area contributed by atoms with Crippen molar-refractivity contribution in [2.24, 2.45) is 0 Å². The predicted molar refractivity (Wildman–Crippen MR) is 72.6 cm³/mol. The summed E-state index contributed by atoms with van der Waals surface area (Å²) >= 11 is 0. The zero-order valence-electron chi connectivity index (χ0n) is 9.77. The second-order valence-corrected chi connectivity index (χ2v) is 5.03.